The highest BCUT2D eigenvalue weighted by molar-refractivity contribution is 7.13. The average molecular weight is 359 g/mol. The number of benzene rings is 1. The molecule has 0 aliphatic carbocycles. The third-order valence-corrected chi connectivity index (χ3v) is 4.42. The molecule has 1 aromatic carbocycles. The zero-order valence-corrected chi connectivity index (χ0v) is 14.0. The van der Waals surface area contributed by atoms with Crippen LogP contribution >= 0.6 is 11.3 Å². The number of halogens is 1. The van der Waals surface area contributed by atoms with Gasteiger partial charge in [0, 0.05) is 6.54 Å². The maximum Gasteiger partial charge on any atom is 0.294 e. The van der Waals surface area contributed by atoms with Crippen molar-refractivity contribution < 1.29 is 14.3 Å². The van der Waals surface area contributed by atoms with Crippen LogP contribution in [0.4, 0.5) is 4.39 Å². The van der Waals surface area contributed by atoms with E-state index in [4.69, 9.17) is 0 Å². The molecule has 25 heavy (non-hydrogen) atoms. The van der Waals surface area contributed by atoms with Gasteiger partial charge in [-0.3, -0.25) is 9.59 Å². The van der Waals surface area contributed by atoms with E-state index in [2.05, 4.69) is 15.3 Å². The summed E-state index contributed by atoms with van der Waals surface area (Å²) in [6.45, 7) is 1.74. The smallest absolute Gasteiger partial charge is 0.294 e. The minimum Gasteiger partial charge on any atom is -0.501 e. The van der Waals surface area contributed by atoms with Crippen molar-refractivity contribution in [3.05, 3.63) is 68.7 Å². The number of aromatic nitrogens is 2. The summed E-state index contributed by atoms with van der Waals surface area (Å²) in [5.74, 6) is -1.55. The predicted molar refractivity (Wildman–Crippen MR) is 92.1 cm³/mol. The fourth-order valence-electron chi connectivity index (χ4n) is 2.24. The van der Waals surface area contributed by atoms with Gasteiger partial charge in [0.1, 0.15) is 5.82 Å². The van der Waals surface area contributed by atoms with Gasteiger partial charge in [-0.15, -0.1) is 11.3 Å². The molecule has 3 N–H and O–H groups in total. The van der Waals surface area contributed by atoms with E-state index in [9.17, 15) is 19.1 Å². The third kappa shape index (κ3) is 3.58. The van der Waals surface area contributed by atoms with Gasteiger partial charge in [-0.1, -0.05) is 18.2 Å². The molecule has 0 bridgehead atoms. The number of carbonyl (C=O) groups excluding carboxylic acids is 1. The van der Waals surface area contributed by atoms with Crippen molar-refractivity contribution in [3.63, 3.8) is 0 Å². The maximum atomic E-state index is 13.3. The highest BCUT2D eigenvalue weighted by Crippen LogP contribution is 2.21. The Morgan fingerprint density at radius 3 is 2.88 bits per heavy atom. The Morgan fingerprint density at radius 1 is 1.40 bits per heavy atom. The summed E-state index contributed by atoms with van der Waals surface area (Å²) in [7, 11) is 0. The predicted octanol–water partition coefficient (Wildman–Crippen LogP) is 2.58. The Hall–Kier alpha value is -3.00. The Bertz CT molecular complexity index is 983. The minimum absolute atomic E-state index is 0.113. The Morgan fingerprint density at radius 2 is 2.20 bits per heavy atom. The molecule has 8 heteroatoms. The summed E-state index contributed by atoms with van der Waals surface area (Å²) in [4.78, 5) is 31.3. The molecule has 0 saturated heterocycles. The second kappa shape index (κ2) is 6.86. The fourth-order valence-corrected chi connectivity index (χ4v) is 2.91. The van der Waals surface area contributed by atoms with Crippen molar-refractivity contribution >= 4 is 17.2 Å². The van der Waals surface area contributed by atoms with Crippen LogP contribution in [0.25, 0.3) is 10.7 Å². The first kappa shape index (κ1) is 16.8. The molecule has 1 amide bonds. The van der Waals surface area contributed by atoms with Gasteiger partial charge in [0.2, 0.25) is 5.75 Å². The first-order chi connectivity index (χ1) is 12.0. The maximum absolute atomic E-state index is 13.3. The lowest BCUT2D eigenvalue weighted by atomic mass is 10.1. The molecule has 2 aromatic heterocycles. The van der Waals surface area contributed by atoms with Crippen LogP contribution in [0.3, 0.4) is 0 Å². The van der Waals surface area contributed by atoms with E-state index in [-0.39, 0.29) is 23.9 Å². The topological polar surface area (TPSA) is 95.1 Å². The largest absolute Gasteiger partial charge is 0.501 e. The van der Waals surface area contributed by atoms with E-state index in [1.807, 2.05) is 0 Å². The van der Waals surface area contributed by atoms with Gasteiger partial charge in [0.05, 0.1) is 4.88 Å². The van der Waals surface area contributed by atoms with Crippen LogP contribution in [0.5, 0.6) is 5.75 Å². The Labute approximate surface area is 146 Å². The van der Waals surface area contributed by atoms with E-state index in [1.54, 1.807) is 36.6 Å². The summed E-state index contributed by atoms with van der Waals surface area (Å²) in [6.07, 6.45) is 0. The molecule has 0 spiro atoms. The number of hydrogen-bond donors (Lipinski definition) is 3. The van der Waals surface area contributed by atoms with Crippen LogP contribution in [0, 0.1) is 12.7 Å². The number of aryl methyl sites for hydroxylation is 1. The van der Waals surface area contributed by atoms with Gasteiger partial charge < -0.3 is 15.4 Å². The second-order valence-electron chi connectivity index (χ2n) is 5.36. The monoisotopic (exact) mass is 359 g/mol. The van der Waals surface area contributed by atoms with Gasteiger partial charge in [-0.05, 0) is 35.6 Å². The lowest BCUT2D eigenvalue weighted by molar-refractivity contribution is 0.0942. The summed E-state index contributed by atoms with van der Waals surface area (Å²) < 4.78 is 13.3. The standard InChI is InChI=1S/C17H14FN3O3S/c1-9-7-10(4-5-11(9)18)8-19-16(23)13-14(22)17(24)21-15(20-13)12-3-2-6-25-12/h2-7,22H,8H2,1H3,(H,19,23)(H,20,21,24). The summed E-state index contributed by atoms with van der Waals surface area (Å²) in [5.41, 5.74) is 0.00563. The van der Waals surface area contributed by atoms with Crippen molar-refractivity contribution in [1.29, 1.82) is 0 Å². The fraction of sp³-hybridized carbons (Fsp3) is 0.118. The summed E-state index contributed by atoms with van der Waals surface area (Å²) >= 11 is 1.34. The zero-order chi connectivity index (χ0) is 18.0. The van der Waals surface area contributed by atoms with E-state index in [1.165, 1.54) is 17.4 Å². The van der Waals surface area contributed by atoms with Crippen molar-refractivity contribution in [3.8, 4) is 16.5 Å². The van der Waals surface area contributed by atoms with Gasteiger partial charge >= 0.3 is 0 Å². The second-order valence-corrected chi connectivity index (χ2v) is 6.30. The number of carbonyl (C=O) groups is 1. The molecule has 6 nitrogen and oxygen atoms in total. The molecule has 0 aliphatic heterocycles. The molecular formula is C17H14FN3O3S. The zero-order valence-electron chi connectivity index (χ0n) is 13.2. The summed E-state index contributed by atoms with van der Waals surface area (Å²) in [5, 5.41) is 14.2. The quantitative estimate of drug-likeness (QED) is 0.667. The van der Waals surface area contributed by atoms with Gasteiger partial charge in [0.25, 0.3) is 11.5 Å². The van der Waals surface area contributed by atoms with Gasteiger partial charge in [-0.2, -0.15) is 0 Å². The van der Waals surface area contributed by atoms with Crippen LogP contribution in [0.2, 0.25) is 0 Å². The molecule has 0 unspecified atom stereocenters. The number of rotatable bonds is 4. The molecular weight excluding hydrogens is 345 g/mol. The first-order valence-corrected chi connectivity index (χ1v) is 8.24. The van der Waals surface area contributed by atoms with Crippen molar-refractivity contribution in [2.45, 2.75) is 13.5 Å². The number of H-pyrrole nitrogens is 1. The van der Waals surface area contributed by atoms with Crippen molar-refractivity contribution in [2.24, 2.45) is 0 Å². The Balaban J connectivity index is 1.84. The number of aromatic amines is 1. The lowest BCUT2D eigenvalue weighted by Crippen LogP contribution is -2.26. The number of thiophene rings is 1. The molecule has 0 radical (unpaired) electrons. The molecule has 3 aromatic rings. The minimum atomic E-state index is -0.791. The highest BCUT2D eigenvalue weighted by Gasteiger charge is 2.18. The van der Waals surface area contributed by atoms with Gasteiger partial charge in [0.15, 0.2) is 11.5 Å². The van der Waals surface area contributed by atoms with Crippen LogP contribution in [0.15, 0.2) is 40.5 Å². The first-order valence-electron chi connectivity index (χ1n) is 7.36. The van der Waals surface area contributed by atoms with Crippen LogP contribution in [-0.4, -0.2) is 21.0 Å². The van der Waals surface area contributed by atoms with Crippen LogP contribution in [-0.2, 0) is 6.54 Å². The molecule has 0 saturated carbocycles. The number of hydrogen-bond acceptors (Lipinski definition) is 5. The molecule has 2 heterocycles. The number of amides is 1. The average Bonchev–Trinajstić information content (AvgIpc) is 3.12. The lowest BCUT2D eigenvalue weighted by Gasteiger charge is -2.08. The molecule has 128 valence electrons. The normalized spacial score (nSPS) is 10.6. The van der Waals surface area contributed by atoms with Crippen LogP contribution < -0.4 is 10.9 Å². The Kier molecular flexibility index (Phi) is 4.62. The molecule has 0 aliphatic rings. The number of nitrogens with zero attached hydrogens (tertiary/aromatic N) is 1. The van der Waals surface area contributed by atoms with Gasteiger partial charge in [-0.25, -0.2) is 9.37 Å². The van der Waals surface area contributed by atoms with Crippen LogP contribution in [0.1, 0.15) is 21.6 Å². The molecule has 0 atom stereocenters. The van der Waals surface area contributed by atoms with E-state index < -0.39 is 17.2 Å². The number of aromatic hydroxyl groups is 1. The van der Waals surface area contributed by atoms with E-state index >= 15 is 0 Å². The molecule has 0 fully saturated rings. The van der Waals surface area contributed by atoms with E-state index in [0.717, 1.165) is 0 Å². The van der Waals surface area contributed by atoms with Crippen molar-refractivity contribution in [2.75, 3.05) is 0 Å². The summed E-state index contributed by atoms with van der Waals surface area (Å²) in [6, 6.07) is 7.99. The number of nitrogens with one attached hydrogen (secondary N) is 2. The van der Waals surface area contributed by atoms with E-state index in [0.29, 0.717) is 16.0 Å². The van der Waals surface area contributed by atoms with Crippen molar-refractivity contribution in [1.82, 2.24) is 15.3 Å². The SMILES string of the molecule is Cc1cc(CNC(=O)c2nc(-c3cccs3)[nH]c(=O)c2O)ccc1F. The molecule has 3 rings (SSSR count). The highest BCUT2D eigenvalue weighted by atomic mass is 32.1. The third-order valence-electron chi connectivity index (χ3n) is 3.54.